The first-order valence-electron chi connectivity index (χ1n) is 11.0. The van der Waals surface area contributed by atoms with Gasteiger partial charge in [0.1, 0.15) is 12.1 Å². The maximum Gasteiger partial charge on any atom is 0.329 e. The number of methoxy groups -OCH3 is 2. The van der Waals surface area contributed by atoms with Crippen molar-refractivity contribution in [2.24, 2.45) is 0 Å². The fourth-order valence-electron chi connectivity index (χ4n) is 4.25. The van der Waals surface area contributed by atoms with Gasteiger partial charge in [0.2, 0.25) is 0 Å². The molecule has 1 aliphatic heterocycles. The van der Waals surface area contributed by atoms with Gasteiger partial charge in [0, 0.05) is 44.5 Å². The van der Waals surface area contributed by atoms with Crippen molar-refractivity contribution in [2.45, 2.75) is 25.4 Å². The van der Waals surface area contributed by atoms with E-state index in [0.717, 1.165) is 49.5 Å². The number of phenols is 1. The number of carbonyl (C=O) groups excluding carboxylic acids is 1. The fourth-order valence-corrected chi connectivity index (χ4v) is 4.25. The molecule has 1 fully saturated rings. The Balaban J connectivity index is 1.33. The van der Waals surface area contributed by atoms with Crippen LogP contribution in [-0.2, 0) is 6.54 Å². The summed E-state index contributed by atoms with van der Waals surface area (Å²) in [6.45, 7) is 2.67. The second kappa shape index (κ2) is 9.95. The summed E-state index contributed by atoms with van der Waals surface area (Å²) in [6.07, 6.45) is 5.11. The zero-order valence-electron chi connectivity index (χ0n) is 19.3. The summed E-state index contributed by atoms with van der Waals surface area (Å²) in [4.78, 5) is 21.6. The van der Waals surface area contributed by atoms with Gasteiger partial charge in [-0.1, -0.05) is 6.07 Å². The van der Waals surface area contributed by atoms with E-state index in [1.165, 1.54) is 10.1 Å². The lowest BCUT2D eigenvalue weighted by atomic mass is 10.0. The van der Waals surface area contributed by atoms with Crippen molar-refractivity contribution in [3.63, 3.8) is 0 Å². The van der Waals surface area contributed by atoms with Gasteiger partial charge in [0.15, 0.2) is 11.5 Å². The molecule has 2 heterocycles. The molecular weight excluding hydrogens is 420 g/mol. The lowest BCUT2D eigenvalue weighted by Crippen LogP contribution is -2.46. The van der Waals surface area contributed by atoms with E-state index in [1.807, 2.05) is 24.1 Å². The van der Waals surface area contributed by atoms with Crippen LogP contribution in [0, 0.1) is 0 Å². The predicted octanol–water partition coefficient (Wildman–Crippen LogP) is 3.84. The van der Waals surface area contributed by atoms with Crippen molar-refractivity contribution in [3.05, 3.63) is 60.6 Å². The number of aromatic nitrogens is 2. The molecule has 8 nitrogen and oxygen atoms in total. The maximum atomic E-state index is 13.0. The van der Waals surface area contributed by atoms with Crippen molar-refractivity contribution in [1.29, 1.82) is 0 Å². The number of rotatable bonds is 6. The van der Waals surface area contributed by atoms with E-state index in [4.69, 9.17) is 9.47 Å². The third-order valence-electron chi connectivity index (χ3n) is 6.23. The largest absolute Gasteiger partial charge is 0.508 e. The van der Waals surface area contributed by atoms with Gasteiger partial charge in [0.25, 0.3) is 0 Å². The predicted molar refractivity (Wildman–Crippen MR) is 126 cm³/mol. The molecule has 3 aromatic rings. The molecule has 0 saturated carbocycles. The molecule has 0 radical (unpaired) electrons. The first-order valence-corrected chi connectivity index (χ1v) is 11.0. The fraction of sp³-hybridized carbons (Fsp3) is 0.360. The van der Waals surface area contributed by atoms with Crippen molar-refractivity contribution >= 4 is 6.03 Å². The van der Waals surface area contributed by atoms with Crippen LogP contribution in [0.3, 0.4) is 0 Å². The number of piperidine rings is 1. The highest BCUT2D eigenvalue weighted by Crippen LogP contribution is 2.29. The van der Waals surface area contributed by atoms with E-state index >= 15 is 0 Å². The summed E-state index contributed by atoms with van der Waals surface area (Å²) >= 11 is 0. The minimum Gasteiger partial charge on any atom is -0.508 e. The lowest BCUT2D eigenvalue weighted by Gasteiger charge is -2.36. The van der Waals surface area contributed by atoms with E-state index in [9.17, 15) is 9.90 Å². The molecule has 1 aromatic heterocycles. The highest BCUT2D eigenvalue weighted by Gasteiger charge is 2.26. The summed E-state index contributed by atoms with van der Waals surface area (Å²) in [5.41, 5.74) is 2.72. The number of phenolic OH excluding ortho intramolecular Hbond substituents is 1. The first kappa shape index (κ1) is 22.7. The van der Waals surface area contributed by atoms with E-state index < -0.39 is 0 Å². The van der Waals surface area contributed by atoms with Gasteiger partial charge in [0.05, 0.1) is 19.9 Å². The van der Waals surface area contributed by atoms with Crippen LogP contribution in [0.1, 0.15) is 18.4 Å². The Morgan fingerprint density at radius 3 is 2.45 bits per heavy atom. The Hall–Kier alpha value is -3.52. The van der Waals surface area contributed by atoms with E-state index in [1.54, 1.807) is 51.0 Å². The second-order valence-corrected chi connectivity index (χ2v) is 8.30. The second-order valence-electron chi connectivity index (χ2n) is 8.30. The van der Waals surface area contributed by atoms with E-state index in [0.29, 0.717) is 5.69 Å². The number of aromatic hydroxyl groups is 1. The van der Waals surface area contributed by atoms with Crippen molar-refractivity contribution in [1.82, 2.24) is 19.4 Å². The van der Waals surface area contributed by atoms with Crippen LogP contribution < -0.4 is 9.47 Å². The quantitative estimate of drug-likeness (QED) is 0.615. The molecule has 0 spiro atoms. The number of hydrogen-bond donors (Lipinski definition) is 1. The van der Waals surface area contributed by atoms with E-state index in [-0.39, 0.29) is 17.8 Å². The number of nitrogens with zero attached hydrogens (tertiary/aromatic N) is 4. The maximum absolute atomic E-state index is 13.0. The highest BCUT2D eigenvalue weighted by atomic mass is 16.5. The molecule has 1 amide bonds. The molecule has 0 aliphatic carbocycles. The topological polar surface area (TPSA) is 80.1 Å². The summed E-state index contributed by atoms with van der Waals surface area (Å²) in [7, 11) is 5.14. The monoisotopic (exact) mass is 450 g/mol. The van der Waals surface area contributed by atoms with Crippen LogP contribution in [0.25, 0.3) is 11.3 Å². The lowest BCUT2D eigenvalue weighted by molar-refractivity contribution is 0.132. The summed E-state index contributed by atoms with van der Waals surface area (Å²) in [5, 5.41) is 9.46. The Labute approximate surface area is 194 Å². The Kier molecular flexibility index (Phi) is 6.84. The highest BCUT2D eigenvalue weighted by molar-refractivity contribution is 5.78. The molecule has 1 N–H and O–H groups in total. The molecule has 1 saturated heterocycles. The molecule has 2 aromatic carbocycles. The molecule has 174 valence electrons. The zero-order valence-corrected chi connectivity index (χ0v) is 19.3. The average molecular weight is 451 g/mol. The standard InChI is InChI=1S/C25H30N4O4/c1-27(25(31)29-16-22(26-17-29)19-5-7-21(30)8-6-19)20-10-12-28(13-11-20)15-18-4-9-23(32-2)24(14-18)33-3/h4-9,14,16-17,20,30H,10-13,15H2,1-3H3. The Morgan fingerprint density at radius 2 is 1.79 bits per heavy atom. The molecule has 8 heteroatoms. The normalized spacial score (nSPS) is 14.8. The van der Waals surface area contributed by atoms with Gasteiger partial charge >= 0.3 is 6.03 Å². The average Bonchev–Trinajstić information content (AvgIpc) is 3.34. The first-order chi connectivity index (χ1) is 16.0. The molecule has 33 heavy (non-hydrogen) atoms. The number of likely N-dealkylation sites (tertiary alicyclic amines) is 1. The smallest absolute Gasteiger partial charge is 0.329 e. The van der Waals surface area contributed by atoms with Gasteiger partial charge in [-0.25, -0.2) is 9.78 Å². The van der Waals surface area contributed by atoms with Gasteiger partial charge in [-0.2, -0.15) is 0 Å². The number of imidazole rings is 1. The van der Waals surface area contributed by atoms with Gasteiger partial charge in [-0.3, -0.25) is 9.47 Å². The SMILES string of the molecule is COc1ccc(CN2CCC(N(C)C(=O)n3cnc(-c4ccc(O)cc4)c3)CC2)cc1OC. The van der Waals surface area contributed by atoms with Crippen LogP contribution in [-0.4, -0.2) is 70.9 Å². The summed E-state index contributed by atoms with van der Waals surface area (Å²) in [5.74, 6) is 1.67. The molecular formula is C25H30N4O4. The molecule has 0 unspecified atom stereocenters. The molecule has 1 aliphatic rings. The van der Waals surface area contributed by atoms with Crippen LogP contribution in [0.4, 0.5) is 4.79 Å². The number of ether oxygens (including phenoxy) is 2. The Morgan fingerprint density at radius 1 is 1.09 bits per heavy atom. The van der Waals surface area contributed by atoms with Crippen LogP contribution in [0.2, 0.25) is 0 Å². The zero-order chi connectivity index (χ0) is 23.4. The van der Waals surface area contributed by atoms with Crippen molar-refractivity contribution in [3.8, 4) is 28.5 Å². The van der Waals surface area contributed by atoms with Gasteiger partial charge in [-0.05, 0) is 54.8 Å². The number of amides is 1. The number of hydrogen-bond acceptors (Lipinski definition) is 6. The van der Waals surface area contributed by atoms with Crippen LogP contribution in [0.5, 0.6) is 17.2 Å². The number of benzene rings is 2. The minimum absolute atomic E-state index is 0.0918. The third-order valence-corrected chi connectivity index (χ3v) is 6.23. The van der Waals surface area contributed by atoms with E-state index in [2.05, 4.69) is 16.0 Å². The molecule has 0 bridgehead atoms. The number of carbonyl (C=O) groups is 1. The summed E-state index contributed by atoms with van der Waals surface area (Å²) < 4.78 is 12.3. The van der Waals surface area contributed by atoms with Crippen LogP contribution >= 0.6 is 0 Å². The van der Waals surface area contributed by atoms with Crippen molar-refractivity contribution in [2.75, 3.05) is 34.4 Å². The third kappa shape index (κ3) is 5.12. The van der Waals surface area contributed by atoms with Crippen LogP contribution in [0.15, 0.2) is 55.0 Å². The Bertz CT molecular complexity index is 1090. The minimum atomic E-state index is -0.0918. The van der Waals surface area contributed by atoms with Gasteiger partial charge < -0.3 is 19.5 Å². The molecule has 4 rings (SSSR count). The van der Waals surface area contributed by atoms with Crippen molar-refractivity contribution < 1.29 is 19.4 Å². The van der Waals surface area contributed by atoms with Gasteiger partial charge in [-0.15, -0.1) is 0 Å². The summed E-state index contributed by atoms with van der Waals surface area (Å²) in [6, 6.07) is 12.9. The molecule has 0 atom stereocenters.